The summed E-state index contributed by atoms with van der Waals surface area (Å²) < 4.78 is 3.58. The molecule has 2 aromatic carbocycles. The van der Waals surface area contributed by atoms with Gasteiger partial charge in [0.05, 0.1) is 22.3 Å². The molecule has 0 N–H and O–H groups in total. The fraction of sp³-hybridized carbons (Fsp3) is 0.0500. The molecular formula is C20H12N4O2. The van der Waals surface area contributed by atoms with E-state index in [9.17, 15) is 14.9 Å². The Kier molecular flexibility index (Phi) is 2.69. The summed E-state index contributed by atoms with van der Waals surface area (Å²) in [4.78, 5) is 27.3. The summed E-state index contributed by atoms with van der Waals surface area (Å²) in [6.45, 7) is 0. The second-order valence-electron chi connectivity index (χ2n) is 6.20. The Morgan fingerprint density at radius 3 is 2.23 bits per heavy atom. The van der Waals surface area contributed by atoms with Crippen molar-refractivity contribution in [3.63, 3.8) is 0 Å². The van der Waals surface area contributed by atoms with Gasteiger partial charge in [0.2, 0.25) is 0 Å². The van der Waals surface area contributed by atoms with Crippen LogP contribution in [0.3, 0.4) is 0 Å². The first kappa shape index (κ1) is 14.5. The zero-order valence-corrected chi connectivity index (χ0v) is 13.8. The van der Waals surface area contributed by atoms with E-state index in [1.165, 1.54) is 0 Å². The number of anilines is 1. The maximum absolute atomic E-state index is 13.2. The van der Waals surface area contributed by atoms with E-state index in [4.69, 9.17) is 0 Å². The molecule has 0 saturated heterocycles. The van der Waals surface area contributed by atoms with Gasteiger partial charge in [-0.25, -0.2) is 4.90 Å². The molecular weight excluding hydrogens is 328 g/mol. The number of carbonyl (C=O) groups is 2. The van der Waals surface area contributed by atoms with Crippen molar-refractivity contribution in [3.8, 4) is 6.07 Å². The van der Waals surface area contributed by atoms with Gasteiger partial charge in [0.25, 0.3) is 11.8 Å². The average Bonchev–Trinajstić information content (AvgIpc) is 3.24. The van der Waals surface area contributed by atoms with Gasteiger partial charge < -0.3 is 4.57 Å². The largest absolute Gasteiger partial charge is 0.328 e. The number of para-hydroxylation sites is 3. The SMILES string of the molecule is Cn1c2ccccc2n2c3c(c(C#N)c12)C(=O)N(c1ccccc1)C3=O. The lowest BCUT2D eigenvalue weighted by molar-refractivity contribution is 0.0924. The topological polar surface area (TPSA) is 70.5 Å². The summed E-state index contributed by atoms with van der Waals surface area (Å²) in [5, 5.41) is 9.74. The van der Waals surface area contributed by atoms with Crippen LogP contribution in [0.2, 0.25) is 0 Å². The van der Waals surface area contributed by atoms with Crippen LogP contribution in [0.5, 0.6) is 0 Å². The molecule has 2 aromatic heterocycles. The monoisotopic (exact) mass is 340 g/mol. The first-order valence-corrected chi connectivity index (χ1v) is 8.11. The fourth-order valence-corrected chi connectivity index (χ4v) is 3.80. The van der Waals surface area contributed by atoms with Gasteiger partial charge in [-0.1, -0.05) is 30.3 Å². The summed E-state index contributed by atoms with van der Waals surface area (Å²) in [6.07, 6.45) is 0. The number of nitriles is 1. The number of hydrogen-bond acceptors (Lipinski definition) is 3. The first-order valence-electron chi connectivity index (χ1n) is 8.11. The second-order valence-corrected chi connectivity index (χ2v) is 6.20. The van der Waals surface area contributed by atoms with Gasteiger partial charge >= 0.3 is 0 Å². The number of aryl methyl sites for hydroxylation is 1. The van der Waals surface area contributed by atoms with Crippen molar-refractivity contribution in [1.29, 1.82) is 5.26 Å². The number of hydrogen-bond donors (Lipinski definition) is 0. The third-order valence-electron chi connectivity index (χ3n) is 4.90. The Hall–Kier alpha value is -3.85. The van der Waals surface area contributed by atoms with Crippen molar-refractivity contribution in [2.45, 2.75) is 0 Å². The minimum atomic E-state index is -0.458. The van der Waals surface area contributed by atoms with E-state index in [1.807, 2.05) is 41.9 Å². The molecule has 0 saturated carbocycles. The average molecular weight is 340 g/mol. The zero-order chi connectivity index (χ0) is 18.0. The Bertz CT molecular complexity index is 1290. The Morgan fingerprint density at radius 2 is 1.54 bits per heavy atom. The van der Waals surface area contributed by atoms with E-state index in [-0.39, 0.29) is 16.8 Å². The molecule has 124 valence electrons. The minimum Gasteiger partial charge on any atom is -0.328 e. The van der Waals surface area contributed by atoms with E-state index in [0.717, 1.165) is 15.9 Å². The molecule has 0 spiro atoms. The minimum absolute atomic E-state index is 0.178. The van der Waals surface area contributed by atoms with Crippen molar-refractivity contribution in [3.05, 3.63) is 71.4 Å². The third kappa shape index (κ3) is 1.55. The molecule has 0 radical (unpaired) electrons. The van der Waals surface area contributed by atoms with E-state index in [1.54, 1.807) is 28.7 Å². The Morgan fingerprint density at radius 1 is 0.885 bits per heavy atom. The molecule has 0 fully saturated rings. The molecule has 0 unspecified atom stereocenters. The van der Waals surface area contributed by atoms with E-state index < -0.39 is 11.8 Å². The predicted octanol–water partition coefficient (Wildman–Crippen LogP) is 3.10. The molecule has 5 rings (SSSR count). The number of rotatable bonds is 1. The molecule has 26 heavy (non-hydrogen) atoms. The number of benzene rings is 2. The van der Waals surface area contributed by atoms with Crippen LogP contribution in [0.15, 0.2) is 54.6 Å². The van der Waals surface area contributed by atoms with Crippen molar-refractivity contribution in [2.24, 2.45) is 7.05 Å². The number of nitrogens with zero attached hydrogens (tertiary/aromatic N) is 4. The maximum atomic E-state index is 13.2. The molecule has 0 atom stereocenters. The van der Waals surface area contributed by atoms with E-state index >= 15 is 0 Å². The number of imide groups is 1. The van der Waals surface area contributed by atoms with Crippen LogP contribution in [-0.4, -0.2) is 20.8 Å². The Labute approximate surface area is 148 Å². The van der Waals surface area contributed by atoms with Crippen LogP contribution >= 0.6 is 0 Å². The molecule has 1 aliphatic rings. The van der Waals surface area contributed by atoms with Gasteiger partial charge in [-0.3, -0.25) is 14.0 Å². The van der Waals surface area contributed by atoms with E-state index in [2.05, 4.69) is 6.07 Å². The van der Waals surface area contributed by atoms with Gasteiger partial charge in [-0.15, -0.1) is 0 Å². The van der Waals surface area contributed by atoms with Gasteiger partial charge in [0, 0.05) is 7.05 Å². The highest BCUT2D eigenvalue weighted by atomic mass is 16.2. The van der Waals surface area contributed by atoms with Gasteiger partial charge in [0.15, 0.2) is 0 Å². The Balaban J connectivity index is 1.91. The summed E-state index contributed by atoms with van der Waals surface area (Å²) in [6, 6.07) is 18.5. The molecule has 0 aliphatic carbocycles. The highest BCUT2D eigenvalue weighted by molar-refractivity contribution is 6.35. The first-order chi connectivity index (χ1) is 12.6. The van der Waals surface area contributed by atoms with Crippen molar-refractivity contribution >= 4 is 34.2 Å². The molecule has 2 amide bonds. The quantitative estimate of drug-likeness (QED) is 0.500. The molecule has 6 heteroatoms. The normalized spacial score (nSPS) is 13.6. The smallest absolute Gasteiger partial charge is 0.283 e. The summed E-state index contributed by atoms with van der Waals surface area (Å²) in [7, 11) is 1.83. The summed E-state index contributed by atoms with van der Waals surface area (Å²) in [5.74, 6) is -0.871. The number of fused-ring (bicyclic) bond motifs is 5. The zero-order valence-electron chi connectivity index (χ0n) is 13.8. The number of amides is 2. The molecule has 0 bridgehead atoms. The van der Waals surface area contributed by atoms with Crippen LogP contribution in [-0.2, 0) is 7.05 Å². The third-order valence-corrected chi connectivity index (χ3v) is 4.90. The molecule has 6 nitrogen and oxygen atoms in total. The maximum Gasteiger partial charge on any atom is 0.283 e. The van der Waals surface area contributed by atoms with Crippen molar-refractivity contribution in [2.75, 3.05) is 4.90 Å². The predicted molar refractivity (Wildman–Crippen MR) is 96.2 cm³/mol. The van der Waals surface area contributed by atoms with Gasteiger partial charge in [0.1, 0.15) is 23.0 Å². The standard InChI is InChI=1S/C20H12N4O2/c1-22-14-9-5-6-10-15(14)24-17-16(13(11-21)18(22)24)19(25)23(20(17)26)12-7-3-2-4-8-12/h2-10H,1H3. The van der Waals surface area contributed by atoms with Crippen LogP contribution in [0.1, 0.15) is 26.4 Å². The van der Waals surface area contributed by atoms with Crippen LogP contribution in [0.4, 0.5) is 5.69 Å². The van der Waals surface area contributed by atoms with Gasteiger partial charge in [-0.05, 0) is 24.3 Å². The number of carbonyl (C=O) groups excluding carboxylic acids is 2. The van der Waals surface area contributed by atoms with E-state index in [0.29, 0.717) is 11.3 Å². The second kappa shape index (κ2) is 4.83. The fourth-order valence-electron chi connectivity index (χ4n) is 3.80. The van der Waals surface area contributed by atoms with Crippen LogP contribution < -0.4 is 4.90 Å². The van der Waals surface area contributed by atoms with Crippen LogP contribution in [0, 0.1) is 11.3 Å². The summed E-state index contributed by atoms with van der Waals surface area (Å²) in [5.41, 5.74) is 3.40. The number of imidazole rings is 1. The molecule has 4 aromatic rings. The molecule has 1 aliphatic heterocycles. The lowest BCUT2D eigenvalue weighted by Gasteiger charge is -2.14. The van der Waals surface area contributed by atoms with Crippen LogP contribution in [0.25, 0.3) is 16.7 Å². The van der Waals surface area contributed by atoms with Gasteiger partial charge in [-0.2, -0.15) is 5.26 Å². The number of aromatic nitrogens is 2. The highest BCUT2D eigenvalue weighted by Crippen LogP contribution is 2.37. The van der Waals surface area contributed by atoms with Crippen molar-refractivity contribution in [1.82, 2.24) is 8.97 Å². The lowest BCUT2D eigenvalue weighted by atomic mass is 10.1. The molecule has 3 heterocycles. The highest BCUT2D eigenvalue weighted by Gasteiger charge is 2.44. The van der Waals surface area contributed by atoms with Crippen molar-refractivity contribution < 1.29 is 9.59 Å². The lowest BCUT2D eigenvalue weighted by Crippen LogP contribution is -2.30. The summed E-state index contributed by atoms with van der Waals surface area (Å²) >= 11 is 0.